The zero-order valence-corrected chi connectivity index (χ0v) is 13.2. The van der Waals surface area contributed by atoms with Crippen LogP contribution in [-0.2, 0) is 0 Å². The predicted octanol–water partition coefficient (Wildman–Crippen LogP) is 3.26. The molecule has 22 heavy (non-hydrogen) atoms. The first-order valence-electron chi connectivity index (χ1n) is 6.75. The Balaban J connectivity index is 2.49. The fourth-order valence-electron chi connectivity index (χ4n) is 2.16. The van der Waals surface area contributed by atoms with E-state index in [1.807, 2.05) is 18.7 Å². The first-order chi connectivity index (χ1) is 10.3. The third kappa shape index (κ3) is 3.27. The summed E-state index contributed by atoms with van der Waals surface area (Å²) in [5, 5.41) is 3.89. The molecule has 1 aromatic heterocycles. The molecule has 1 aromatic carbocycles. The van der Waals surface area contributed by atoms with Crippen molar-refractivity contribution in [3.05, 3.63) is 51.4 Å². The largest absolute Gasteiger partial charge is 0.372 e. The van der Waals surface area contributed by atoms with Crippen molar-refractivity contribution in [2.75, 3.05) is 18.5 Å². The van der Waals surface area contributed by atoms with Gasteiger partial charge in [0.15, 0.2) is 5.82 Å². The molecule has 0 fully saturated rings. The number of hydrogen-bond donors (Lipinski definition) is 0. The lowest BCUT2D eigenvalue weighted by Gasteiger charge is -2.22. The minimum Gasteiger partial charge on any atom is -0.372 e. The number of benzene rings is 1. The van der Waals surface area contributed by atoms with Crippen molar-refractivity contribution in [1.82, 2.24) is 9.78 Å². The van der Waals surface area contributed by atoms with E-state index in [0.29, 0.717) is 24.2 Å². The predicted molar refractivity (Wildman–Crippen MR) is 82.9 cm³/mol. The summed E-state index contributed by atoms with van der Waals surface area (Å²) in [5.74, 6) is -1.24. The van der Waals surface area contributed by atoms with Crippen LogP contribution in [0, 0.1) is 17.6 Å². The molecule has 0 N–H and O–H groups in total. The monoisotopic (exact) mass is 327 g/mol. The second-order valence-electron chi connectivity index (χ2n) is 5.43. The minimum absolute atomic E-state index is 0.0538. The van der Waals surface area contributed by atoms with Crippen molar-refractivity contribution in [2.24, 2.45) is 5.92 Å². The molecule has 1 heterocycles. The first kappa shape index (κ1) is 16.4. The zero-order chi connectivity index (χ0) is 16.4. The Morgan fingerprint density at radius 3 is 2.64 bits per heavy atom. The summed E-state index contributed by atoms with van der Waals surface area (Å²) in [7, 11) is 1.80. The lowest BCUT2D eigenvalue weighted by atomic mass is 10.2. The van der Waals surface area contributed by atoms with E-state index in [0.717, 1.165) is 16.8 Å². The van der Waals surface area contributed by atoms with Gasteiger partial charge in [-0.15, -0.1) is 0 Å². The van der Waals surface area contributed by atoms with E-state index < -0.39 is 17.2 Å². The summed E-state index contributed by atoms with van der Waals surface area (Å²) in [6.45, 7) is 4.76. The Labute approximate surface area is 131 Å². The van der Waals surface area contributed by atoms with Crippen molar-refractivity contribution < 1.29 is 8.78 Å². The maximum absolute atomic E-state index is 13.8. The van der Waals surface area contributed by atoms with Gasteiger partial charge in [-0.25, -0.2) is 8.78 Å². The average molecular weight is 328 g/mol. The third-order valence-corrected chi connectivity index (χ3v) is 3.44. The molecule has 118 valence electrons. The molecule has 0 unspecified atom stereocenters. The van der Waals surface area contributed by atoms with Crippen molar-refractivity contribution in [3.63, 3.8) is 0 Å². The molecular weight excluding hydrogens is 312 g/mol. The summed E-state index contributed by atoms with van der Waals surface area (Å²) in [5.41, 5.74) is -0.328. The molecule has 2 rings (SSSR count). The Morgan fingerprint density at radius 2 is 2.05 bits per heavy atom. The van der Waals surface area contributed by atoms with Gasteiger partial charge < -0.3 is 4.90 Å². The second kappa shape index (κ2) is 6.44. The van der Waals surface area contributed by atoms with Crippen molar-refractivity contribution in [2.45, 2.75) is 13.8 Å². The molecule has 0 bridgehead atoms. The van der Waals surface area contributed by atoms with E-state index >= 15 is 0 Å². The van der Waals surface area contributed by atoms with Gasteiger partial charge in [0, 0.05) is 19.7 Å². The van der Waals surface area contributed by atoms with Crippen LogP contribution in [0.3, 0.4) is 0 Å². The molecule has 0 radical (unpaired) electrons. The molecule has 0 spiro atoms. The van der Waals surface area contributed by atoms with Gasteiger partial charge in [0.2, 0.25) is 0 Å². The van der Waals surface area contributed by atoms with Crippen LogP contribution in [0.2, 0.25) is 5.02 Å². The van der Waals surface area contributed by atoms with Crippen LogP contribution in [0.1, 0.15) is 13.8 Å². The fourth-order valence-corrected chi connectivity index (χ4v) is 2.43. The first-order valence-corrected chi connectivity index (χ1v) is 7.13. The van der Waals surface area contributed by atoms with Crippen LogP contribution in [0.5, 0.6) is 0 Å². The lowest BCUT2D eigenvalue weighted by Crippen LogP contribution is -2.28. The fraction of sp³-hybridized carbons (Fsp3) is 0.333. The molecule has 0 atom stereocenters. The normalized spacial score (nSPS) is 11.0. The highest BCUT2D eigenvalue weighted by Crippen LogP contribution is 2.22. The summed E-state index contributed by atoms with van der Waals surface area (Å²) in [6.07, 6.45) is 1.40. The number of hydrogen-bond acceptors (Lipinski definition) is 3. The van der Waals surface area contributed by atoms with Gasteiger partial charge >= 0.3 is 0 Å². The Bertz CT molecular complexity index is 746. The average Bonchev–Trinajstić information content (AvgIpc) is 2.41. The maximum Gasteiger partial charge on any atom is 0.292 e. The third-order valence-electron chi connectivity index (χ3n) is 3.09. The summed E-state index contributed by atoms with van der Waals surface area (Å²) >= 11 is 6.10. The highest BCUT2D eigenvalue weighted by molar-refractivity contribution is 6.33. The molecule has 7 heteroatoms. The van der Waals surface area contributed by atoms with E-state index in [2.05, 4.69) is 5.10 Å². The molecule has 2 aromatic rings. The van der Waals surface area contributed by atoms with E-state index in [9.17, 15) is 13.6 Å². The van der Waals surface area contributed by atoms with Gasteiger partial charge in [-0.05, 0) is 18.1 Å². The summed E-state index contributed by atoms with van der Waals surface area (Å²) in [6, 6.07) is 2.89. The van der Waals surface area contributed by atoms with Gasteiger partial charge in [-0.3, -0.25) is 4.79 Å². The minimum atomic E-state index is -0.881. The number of halogens is 3. The van der Waals surface area contributed by atoms with Gasteiger partial charge in [0.1, 0.15) is 16.5 Å². The molecule has 0 aliphatic carbocycles. The SMILES string of the molecule is CC(C)CN(C)c1cnn(-c2ccc(F)cc2F)c(=O)c1Cl. The zero-order valence-electron chi connectivity index (χ0n) is 12.5. The number of rotatable bonds is 4. The molecular formula is C15H16ClF2N3O. The summed E-state index contributed by atoms with van der Waals surface area (Å²) in [4.78, 5) is 14.1. The quantitative estimate of drug-likeness (QED) is 0.865. The standard InChI is InChI=1S/C15H16ClF2N3O/c1-9(2)8-20(3)13-7-19-21(15(22)14(13)16)12-5-4-10(17)6-11(12)18/h4-7,9H,8H2,1-3H3. The molecule has 0 amide bonds. The topological polar surface area (TPSA) is 38.1 Å². The van der Waals surface area contributed by atoms with Crippen LogP contribution in [0.15, 0.2) is 29.2 Å². The smallest absolute Gasteiger partial charge is 0.292 e. The van der Waals surface area contributed by atoms with Crippen LogP contribution in [0.4, 0.5) is 14.5 Å². The maximum atomic E-state index is 13.8. The van der Waals surface area contributed by atoms with Gasteiger partial charge in [0.25, 0.3) is 5.56 Å². The number of aromatic nitrogens is 2. The van der Waals surface area contributed by atoms with Crippen LogP contribution in [-0.4, -0.2) is 23.4 Å². The molecule has 0 saturated heterocycles. The van der Waals surface area contributed by atoms with E-state index in [-0.39, 0.29) is 10.7 Å². The van der Waals surface area contributed by atoms with Crippen molar-refractivity contribution in [1.29, 1.82) is 0 Å². The molecule has 0 aliphatic heterocycles. The Hall–Kier alpha value is -1.95. The van der Waals surface area contributed by atoms with Gasteiger partial charge in [-0.1, -0.05) is 25.4 Å². The van der Waals surface area contributed by atoms with Gasteiger partial charge in [0.05, 0.1) is 11.9 Å². The molecule has 4 nitrogen and oxygen atoms in total. The lowest BCUT2D eigenvalue weighted by molar-refractivity contribution is 0.570. The second-order valence-corrected chi connectivity index (χ2v) is 5.81. The van der Waals surface area contributed by atoms with Crippen molar-refractivity contribution in [3.8, 4) is 5.69 Å². The van der Waals surface area contributed by atoms with E-state index in [4.69, 9.17) is 11.6 Å². The van der Waals surface area contributed by atoms with Crippen LogP contribution in [0.25, 0.3) is 5.69 Å². The molecule has 0 aliphatic rings. The Morgan fingerprint density at radius 1 is 1.36 bits per heavy atom. The van der Waals surface area contributed by atoms with E-state index in [1.165, 1.54) is 6.20 Å². The molecule has 0 saturated carbocycles. The van der Waals surface area contributed by atoms with Crippen LogP contribution >= 0.6 is 11.6 Å². The number of nitrogens with zero attached hydrogens (tertiary/aromatic N) is 3. The highest BCUT2D eigenvalue weighted by atomic mass is 35.5. The highest BCUT2D eigenvalue weighted by Gasteiger charge is 2.16. The number of anilines is 1. The van der Waals surface area contributed by atoms with Crippen LogP contribution < -0.4 is 10.5 Å². The van der Waals surface area contributed by atoms with E-state index in [1.54, 1.807) is 7.05 Å². The van der Waals surface area contributed by atoms with Gasteiger partial charge in [-0.2, -0.15) is 9.78 Å². The Kier molecular flexibility index (Phi) is 4.81. The summed E-state index contributed by atoms with van der Waals surface area (Å²) < 4.78 is 27.6. The van der Waals surface area contributed by atoms with Crippen molar-refractivity contribution >= 4 is 17.3 Å².